The third-order valence-corrected chi connectivity index (χ3v) is 3.09. The lowest BCUT2D eigenvalue weighted by Crippen LogP contribution is -2.06. The van der Waals surface area contributed by atoms with Crippen molar-refractivity contribution in [1.82, 2.24) is 0 Å². The van der Waals surface area contributed by atoms with Crippen molar-refractivity contribution < 1.29 is 4.74 Å². The Labute approximate surface area is 128 Å². The van der Waals surface area contributed by atoms with Gasteiger partial charge in [0.2, 0.25) is 0 Å². The summed E-state index contributed by atoms with van der Waals surface area (Å²) < 4.78 is 6.74. The molecule has 0 heterocycles. The van der Waals surface area contributed by atoms with Crippen LogP contribution in [0.25, 0.3) is 0 Å². The van der Waals surface area contributed by atoms with Crippen LogP contribution in [0.4, 0.5) is 17.1 Å². The molecule has 0 radical (unpaired) electrons. The third kappa shape index (κ3) is 4.17. The molecule has 20 heavy (non-hydrogen) atoms. The molecule has 2 aromatic carbocycles. The predicted molar refractivity (Wildman–Crippen MR) is 88.8 cm³/mol. The first kappa shape index (κ1) is 14.7. The molecule has 0 bridgehead atoms. The van der Waals surface area contributed by atoms with Gasteiger partial charge in [0.15, 0.2) is 0 Å². The van der Waals surface area contributed by atoms with E-state index in [1.165, 1.54) is 5.56 Å². The molecule has 106 valence electrons. The highest BCUT2D eigenvalue weighted by Crippen LogP contribution is 2.28. The first-order valence-electron chi connectivity index (χ1n) is 6.54. The van der Waals surface area contributed by atoms with Gasteiger partial charge < -0.3 is 15.8 Å². The van der Waals surface area contributed by atoms with Crippen molar-refractivity contribution in [3.05, 3.63) is 46.4 Å². The maximum Gasteiger partial charge on any atom is 0.123 e. The SMILES string of the molecule is Cc1cc(Br)cc(Nc2cc(N)cc(OC(C)C)c2)c1. The Balaban J connectivity index is 2.26. The lowest BCUT2D eigenvalue weighted by Gasteiger charge is -2.14. The fourth-order valence-corrected chi connectivity index (χ4v) is 2.62. The first-order chi connectivity index (χ1) is 9.42. The van der Waals surface area contributed by atoms with E-state index in [1.54, 1.807) is 0 Å². The zero-order valence-corrected chi connectivity index (χ0v) is 13.5. The molecule has 2 rings (SSSR count). The van der Waals surface area contributed by atoms with Crippen molar-refractivity contribution in [2.75, 3.05) is 11.1 Å². The molecular weight excluding hydrogens is 316 g/mol. The van der Waals surface area contributed by atoms with Gasteiger partial charge in [-0.3, -0.25) is 0 Å². The summed E-state index contributed by atoms with van der Waals surface area (Å²) in [5.74, 6) is 0.772. The van der Waals surface area contributed by atoms with Crippen LogP contribution in [0, 0.1) is 6.92 Å². The lowest BCUT2D eigenvalue weighted by atomic mass is 10.2. The van der Waals surface area contributed by atoms with E-state index in [0.717, 1.165) is 21.6 Å². The molecule has 4 heteroatoms. The number of nitrogens with two attached hydrogens (primary N) is 1. The van der Waals surface area contributed by atoms with Crippen LogP contribution in [0.1, 0.15) is 19.4 Å². The molecule has 2 aromatic rings. The summed E-state index contributed by atoms with van der Waals surface area (Å²) in [6.45, 7) is 6.05. The van der Waals surface area contributed by atoms with Gasteiger partial charge in [0.1, 0.15) is 5.75 Å². The van der Waals surface area contributed by atoms with Gasteiger partial charge in [0.25, 0.3) is 0 Å². The maximum atomic E-state index is 5.92. The van der Waals surface area contributed by atoms with Gasteiger partial charge in [0, 0.05) is 33.7 Å². The van der Waals surface area contributed by atoms with E-state index in [-0.39, 0.29) is 6.10 Å². The van der Waals surface area contributed by atoms with Crippen LogP contribution >= 0.6 is 15.9 Å². The Hall–Kier alpha value is -1.68. The Morgan fingerprint density at radius 1 is 1.05 bits per heavy atom. The van der Waals surface area contributed by atoms with E-state index in [4.69, 9.17) is 10.5 Å². The Kier molecular flexibility index (Phi) is 4.55. The molecule has 0 saturated heterocycles. The van der Waals surface area contributed by atoms with Gasteiger partial charge in [-0.1, -0.05) is 15.9 Å². The number of nitrogen functional groups attached to an aromatic ring is 1. The molecule has 3 N–H and O–H groups in total. The highest BCUT2D eigenvalue weighted by molar-refractivity contribution is 9.10. The number of benzene rings is 2. The Bertz CT molecular complexity index is 591. The summed E-state index contributed by atoms with van der Waals surface area (Å²) in [5.41, 5.74) is 9.71. The third-order valence-electron chi connectivity index (χ3n) is 2.63. The van der Waals surface area contributed by atoms with Crippen molar-refractivity contribution in [2.45, 2.75) is 26.9 Å². The zero-order valence-electron chi connectivity index (χ0n) is 11.9. The van der Waals surface area contributed by atoms with E-state index in [1.807, 2.05) is 38.1 Å². The average molecular weight is 335 g/mol. The minimum Gasteiger partial charge on any atom is -0.491 e. The van der Waals surface area contributed by atoms with Crippen molar-refractivity contribution in [2.24, 2.45) is 0 Å². The van der Waals surface area contributed by atoms with Crippen LogP contribution in [-0.2, 0) is 0 Å². The van der Waals surface area contributed by atoms with Crippen molar-refractivity contribution >= 4 is 33.0 Å². The van der Waals surface area contributed by atoms with Gasteiger partial charge in [0.05, 0.1) is 6.10 Å². The normalized spacial score (nSPS) is 10.7. The Morgan fingerprint density at radius 2 is 1.75 bits per heavy atom. The van der Waals surface area contributed by atoms with E-state index >= 15 is 0 Å². The number of rotatable bonds is 4. The molecular formula is C16H19BrN2O. The lowest BCUT2D eigenvalue weighted by molar-refractivity contribution is 0.242. The van der Waals surface area contributed by atoms with Gasteiger partial charge in [-0.25, -0.2) is 0 Å². The number of nitrogens with one attached hydrogen (secondary N) is 1. The minimum absolute atomic E-state index is 0.123. The van der Waals surface area contributed by atoms with Gasteiger partial charge in [-0.05, 0) is 50.6 Å². The van der Waals surface area contributed by atoms with Gasteiger partial charge >= 0.3 is 0 Å². The summed E-state index contributed by atoms with van der Waals surface area (Å²) in [7, 11) is 0. The van der Waals surface area contributed by atoms with E-state index in [9.17, 15) is 0 Å². The predicted octanol–water partition coefficient (Wildman–Crippen LogP) is 4.87. The standard InChI is InChI=1S/C16H19BrN2O/c1-10(2)20-16-8-13(18)7-15(9-16)19-14-5-11(3)4-12(17)6-14/h4-10,19H,18H2,1-3H3. The molecule has 0 amide bonds. The summed E-state index contributed by atoms with van der Waals surface area (Å²) in [6, 6.07) is 11.8. The van der Waals surface area contributed by atoms with Crippen LogP contribution in [-0.4, -0.2) is 6.10 Å². The molecule has 0 aliphatic rings. The first-order valence-corrected chi connectivity index (χ1v) is 7.33. The fourth-order valence-electron chi connectivity index (χ4n) is 2.01. The molecule has 0 aliphatic heterocycles. The van der Waals surface area contributed by atoms with Crippen LogP contribution in [0.5, 0.6) is 5.75 Å². The minimum atomic E-state index is 0.123. The number of hydrogen-bond donors (Lipinski definition) is 2. The fraction of sp³-hybridized carbons (Fsp3) is 0.250. The second kappa shape index (κ2) is 6.18. The van der Waals surface area contributed by atoms with Crippen molar-refractivity contribution in [3.63, 3.8) is 0 Å². The molecule has 0 spiro atoms. The second-order valence-corrected chi connectivity index (χ2v) is 6.02. The highest BCUT2D eigenvalue weighted by Gasteiger charge is 2.04. The van der Waals surface area contributed by atoms with E-state index in [2.05, 4.69) is 40.3 Å². The van der Waals surface area contributed by atoms with E-state index < -0.39 is 0 Å². The summed E-state index contributed by atoms with van der Waals surface area (Å²) in [4.78, 5) is 0. The molecule has 0 fully saturated rings. The van der Waals surface area contributed by atoms with Crippen LogP contribution in [0.2, 0.25) is 0 Å². The smallest absolute Gasteiger partial charge is 0.123 e. The summed E-state index contributed by atoms with van der Waals surface area (Å²) in [6.07, 6.45) is 0.123. The number of ether oxygens (including phenoxy) is 1. The quantitative estimate of drug-likeness (QED) is 0.784. The van der Waals surface area contributed by atoms with Crippen molar-refractivity contribution in [1.29, 1.82) is 0 Å². The monoisotopic (exact) mass is 334 g/mol. The molecule has 0 aliphatic carbocycles. The number of aryl methyl sites for hydroxylation is 1. The largest absolute Gasteiger partial charge is 0.491 e. The van der Waals surface area contributed by atoms with Crippen molar-refractivity contribution in [3.8, 4) is 5.75 Å². The number of halogens is 1. The molecule has 0 atom stereocenters. The van der Waals surface area contributed by atoms with Gasteiger partial charge in [-0.15, -0.1) is 0 Å². The number of hydrogen-bond acceptors (Lipinski definition) is 3. The average Bonchev–Trinajstić information content (AvgIpc) is 2.24. The van der Waals surface area contributed by atoms with Crippen LogP contribution in [0.15, 0.2) is 40.9 Å². The second-order valence-electron chi connectivity index (χ2n) is 5.10. The Morgan fingerprint density at radius 3 is 2.40 bits per heavy atom. The van der Waals surface area contributed by atoms with Crippen LogP contribution in [0.3, 0.4) is 0 Å². The van der Waals surface area contributed by atoms with Gasteiger partial charge in [-0.2, -0.15) is 0 Å². The zero-order chi connectivity index (χ0) is 14.7. The molecule has 0 unspecified atom stereocenters. The summed E-state index contributed by atoms with van der Waals surface area (Å²) >= 11 is 3.50. The topological polar surface area (TPSA) is 47.3 Å². The molecule has 3 nitrogen and oxygen atoms in total. The summed E-state index contributed by atoms with van der Waals surface area (Å²) in [5, 5.41) is 3.35. The maximum absolute atomic E-state index is 5.92. The molecule has 0 aromatic heterocycles. The van der Waals surface area contributed by atoms with E-state index in [0.29, 0.717) is 5.69 Å². The highest BCUT2D eigenvalue weighted by atomic mass is 79.9. The van der Waals surface area contributed by atoms with Crippen LogP contribution < -0.4 is 15.8 Å². The molecule has 0 saturated carbocycles. The number of anilines is 3.